The molecule has 0 unspecified atom stereocenters. The van der Waals surface area contributed by atoms with Gasteiger partial charge >= 0.3 is 0 Å². The Kier molecular flexibility index (Phi) is 3.74. The number of aldehydes is 1. The zero-order chi connectivity index (χ0) is 11.4. The van der Waals surface area contributed by atoms with E-state index >= 15 is 0 Å². The number of thioether (sulfide) groups is 1. The van der Waals surface area contributed by atoms with Crippen LogP contribution in [0.2, 0.25) is 0 Å². The Balaban J connectivity index is 2.24. The fourth-order valence-electron chi connectivity index (χ4n) is 1.37. The van der Waals surface area contributed by atoms with Gasteiger partial charge in [0.2, 0.25) is 0 Å². The van der Waals surface area contributed by atoms with Gasteiger partial charge in [-0.25, -0.2) is 4.98 Å². The predicted octanol–water partition coefficient (Wildman–Crippen LogP) is 3.27. The Morgan fingerprint density at radius 1 is 1.38 bits per heavy atom. The topological polar surface area (TPSA) is 30.0 Å². The van der Waals surface area contributed by atoms with Crippen molar-refractivity contribution in [2.24, 2.45) is 0 Å². The Hall–Kier alpha value is -1.13. The largest absolute Gasteiger partial charge is 0.303 e. The molecular formula is C12H11NOS2. The molecule has 1 aromatic heterocycles. The van der Waals surface area contributed by atoms with Crippen LogP contribution in [0.15, 0.2) is 34.5 Å². The highest BCUT2D eigenvalue weighted by Gasteiger charge is 2.03. The van der Waals surface area contributed by atoms with E-state index in [1.807, 2.05) is 5.38 Å². The highest BCUT2D eigenvalue weighted by molar-refractivity contribution is 7.98. The molecule has 0 aliphatic rings. The Morgan fingerprint density at radius 3 is 2.75 bits per heavy atom. The van der Waals surface area contributed by atoms with Gasteiger partial charge in [0, 0.05) is 15.8 Å². The average molecular weight is 249 g/mol. The maximum Gasteiger partial charge on any atom is 0.126 e. The number of carbonyl (C=O) groups excluding carboxylic acids is 1. The van der Waals surface area contributed by atoms with E-state index in [1.54, 1.807) is 11.8 Å². The van der Waals surface area contributed by atoms with Crippen LogP contribution in [0, 0.1) is 0 Å². The van der Waals surface area contributed by atoms with E-state index in [1.165, 1.54) is 16.2 Å². The van der Waals surface area contributed by atoms with E-state index in [4.69, 9.17) is 0 Å². The fourth-order valence-corrected chi connectivity index (χ4v) is 2.53. The van der Waals surface area contributed by atoms with E-state index in [2.05, 4.69) is 35.5 Å². The molecule has 0 N–H and O–H groups in total. The molecule has 0 atom stereocenters. The van der Waals surface area contributed by atoms with Gasteiger partial charge in [0.05, 0.1) is 12.1 Å². The summed E-state index contributed by atoms with van der Waals surface area (Å²) in [5, 5.41) is 2.87. The third-order valence-electron chi connectivity index (χ3n) is 2.20. The number of hydrogen-bond donors (Lipinski definition) is 0. The number of rotatable bonds is 4. The van der Waals surface area contributed by atoms with Crippen molar-refractivity contribution in [3.8, 4) is 11.3 Å². The van der Waals surface area contributed by atoms with Gasteiger partial charge in [-0.1, -0.05) is 12.1 Å². The molecule has 16 heavy (non-hydrogen) atoms. The van der Waals surface area contributed by atoms with Crippen molar-refractivity contribution in [1.82, 2.24) is 4.98 Å². The number of thiazole rings is 1. The van der Waals surface area contributed by atoms with Crippen molar-refractivity contribution in [2.75, 3.05) is 6.26 Å². The number of nitrogens with zero attached hydrogens (tertiary/aromatic N) is 1. The van der Waals surface area contributed by atoms with Gasteiger partial charge in [-0.15, -0.1) is 23.1 Å². The van der Waals surface area contributed by atoms with Crippen LogP contribution in [-0.4, -0.2) is 17.5 Å². The molecule has 0 aliphatic carbocycles. The van der Waals surface area contributed by atoms with Crippen molar-refractivity contribution in [3.63, 3.8) is 0 Å². The van der Waals surface area contributed by atoms with Crippen molar-refractivity contribution >= 4 is 29.4 Å². The summed E-state index contributed by atoms with van der Waals surface area (Å²) < 4.78 is 0. The zero-order valence-corrected chi connectivity index (χ0v) is 10.5. The lowest BCUT2D eigenvalue weighted by atomic mass is 10.2. The first-order valence-corrected chi connectivity index (χ1v) is 6.96. The minimum Gasteiger partial charge on any atom is -0.303 e. The molecule has 0 spiro atoms. The summed E-state index contributed by atoms with van der Waals surface area (Å²) >= 11 is 3.25. The van der Waals surface area contributed by atoms with Crippen molar-refractivity contribution in [2.45, 2.75) is 11.3 Å². The van der Waals surface area contributed by atoms with Crippen molar-refractivity contribution < 1.29 is 4.79 Å². The molecule has 0 saturated heterocycles. The normalized spacial score (nSPS) is 10.3. The monoisotopic (exact) mass is 249 g/mol. The summed E-state index contributed by atoms with van der Waals surface area (Å²) in [4.78, 5) is 16.0. The van der Waals surface area contributed by atoms with Crippen LogP contribution < -0.4 is 0 Å². The van der Waals surface area contributed by atoms with Crippen LogP contribution in [0.4, 0.5) is 0 Å². The number of hydrogen-bond acceptors (Lipinski definition) is 4. The van der Waals surface area contributed by atoms with Gasteiger partial charge in [0.1, 0.15) is 11.3 Å². The Labute approximate surface area is 103 Å². The van der Waals surface area contributed by atoms with Gasteiger partial charge in [-0.2, -0.15) is 0 Å². The second kappa shape index (κ2) is 5.27. The van der Waals surface area contributed by atoms with Gasteiger partial charge in [0.25, 0.3) is 0 Å². The molecule has 1 heterocycles. The average Bonchev–Trinajstić information content (AvgIpc) is 2.78. The Morgan fingerprint density at radius 2 is 2.12 bits per heavy atom. The first-order valence-electron chi connectivity index (χ1n) is 4.86. The smallest absolute Gasteiger partial charge is 0.126 e. The molecule has 0 aliphatic heterocycles. The maximum atomic E-state index is 10.4. The van der Waals surface area contributed by atoms with Crippen LogP contribution >= 0.6 is 23.1 Å². The lowest BCUT2D eigenvalue weighted by molar-refractivity contribution is -0.107. The summed E-state index contributed by atoms with van der Waals surface area (Å²) in [6, 6.07) is 8.29. The van der Waals surface area contributed by atoms with Crippen LogP contribution in [0.3, 0.4) is 0 Å². The van der Waals surface area contributed by atoms with E-state index in [9.17, 15) is 4.79 Å². The summed E-state index contributed by atoms with van der Waals surface area (Å²) in [5.41, 5.74) is 2.06. The third kappa shape index (κ3) is 2.51. The van der Waals surface area contributed by atoms with Gasteiger partial charge < -0.3 is 4.79 Å². The lowest BCUT2D eigenvalue weighted by Crippen LogP contribution is -1.84. The summed E-state index contributed by atoms with van der Waals surface area (Å²) in [6.45, 7) is 0. The van der Waals surface area contributed by atoms with Gasteiger partial charge in [-0.05, 0) is 18.4 Å². The van der Waals surface area contributed by atoms with Gasteiger partial charge in [0.15, 0.2) is 0 Å². The Bertz CT molecular complexity index is 476. The van der Waals surface area contributed by atoms with Crippen molar-refractivity contribution in [3.05, 3.63) is 34.7 Å². The van der Waals surface area contributed by atoms with Crippen LogP contribution in [-0.2, 0) is 11.2 Å². The highest BCUT2D eigenvalue weighted by Crippen LogP contribution is 2.24. The molecule has 0 saturated carbocycles. The van der Waals surface area contributed by atoms with Crippen molar-refractivity contribution in [1.29, 1.82) is 0 Å². The number of aromatic nitrogens is 1. The first kappa shape index (κ1) is 11.4. The van der Waals surface area contributed by atoms with Gasteiger partial charge in [-0.3, -0.25) is 0 Å². The molecule has 2 rings (SSSR count). The van der Waals surface area contributed by atoms with E-state index < -0.39 is 0 Å². The second-order valence-electron chi connectivity index (χ2n) is 3.23. The highest BCUT2D eigenvalue weighted by atomic mass is 32.2. The van der Waals surface area contributed by atoms with E-state index in [0.29, 0.717) is 6.42 Å². The summed E-state index contributed by atoms with van der Waals surface area (Å²) in [6.07, 6.45) is 3.35. The number of carbonyl (C=O) groups is 1. The SMILES string of the molecule is CSc1ccc(-c2csc(CC=O)n2)cc1. The zero-order valence-electron chi connectivity index (χ0n) is 8.84. The van der Waals surface area contributed by atoms with E-state index in [0.717, 1.165) is 22.6 Å². The minimum absolute atomic E-state index is 0.410. The second-order valence-corrected chi connectivity index (χ2v) is 5.05. The molecule has 0 radical (unpaired) electrons. The quantitative estimate of drug-likeness (QED) is 0.615. The van der Waals surface area contributed by atoms with Crippen LogP contribution in [0.25, 0.3) is 11.3 Å². The molecule has 2 nitrogen and oxygen atoms in total. The van der Waals surface area contributed by atoms with E-state index in [-0.39, 0.29) is 0 Å². The molecule has 1 aromatic carbocycles. The third-order valence-corrected chi connectivity index (χ3v) is 3.81. The minimum atomic E-state index is 0.410. The number of benzene rings is 1. The molecule has 82 valence electrons. The fraction of sp³-hybridized carbons (Fsp3) is 0.167. The predicted molar refractivity (Wildman–Crippen MR) is 69.1 cm³/mol. The lowest BCUT2D eigenvalue weighted by Gasteiger charge is -1.98. The van der Waals surface area contributed by atoms with Crippen LogP contribution in [0.1, 0.15) is 5.01 Å². The molecule has 0 bridgehead atoms. The van der Waals surface area contributed by atoms with Crippen LogP contribution in [0.5, 0.6) is 0 Å². The molecule has 0 fully saturated rings. The molecule has 2 aromatic rings. The molecular weight excluding hydrogens is 238 g/mol. The first-order chi connectivity index (χ1) is 7.83. The maximum absolute atomic E-state index is 10.4. The summed E-state index contributed by atoms with van der Waals surface area (Å²) in [5.74, 6) is 0. The molecule has 0 amide bonds. The summed E-state index contributed by atoms with van der Waals surface area (Å²) in [7, 11) is 0. The standard InChI is InChI=1S/C12H11NOS2/c1-15-10-4-2-9(3-5-10)11-8-16-12(13-11)6-7-14/h2-5,7-8H,6H2,1H3. The molecule has 4 heteroatoms.